The molecule has 9 nitrogen and oxygen atoms in total. The summed E-state index contributed by atoms with van der Waals surface area (Å²) in [5.74, 6) is 1.86. The Morgan fingerprint density at radius 3 is 2.63 bits per heavy atom. The van der Waals surface area contributed by atoms with Crippen LogP contribution in [-0.4, -0.2) is 69.5 Å². The second-order valence-corrected chi connectivity index (χ2v) is 10.1. The van der Waals surface area contributed by atoms with E-state index in [0.29, 0.717) is 42.3 Å². The number of fused-ring (bicyclic) bond motifs is 1. The lowest BCUT2D eigenvalue weighted by molar-refractivity contribution is -0.137. The Morgan fingerprint density at radius 2 is 1.89 bits per heavy atom. The van der Waals surface area contributed by atoms with E-state index in [0.717, 1.165) is 55.5 Å². The van der Waals surface area contributed by atoms with E-state index in [-0.39, 0.29) is 31.0 Å². The number of rotatable bonds is 10. The van der Waals surface area contributed by atoms with Crippen LogP contribution in [0.4, 0.5) is 11.5 Å². The number of ether oxygens (including phenoxy) is 2. The van der Waals surface area contributed by atoms with Gasteiger partial charge in [-0.15, -0.1) is 12.4 Å². The van der Waals surface area contributed by atoms with Crippen LogP contribution in [0, 0.1) is 5.92 Å². The van der Waals surface area contributed by atoms with Crippen molar-refractivity contribution in [3.05, 3.63) is 41.8 Å². The van der Waals surface area contributed by atoms with Gasteiger partial charge < -0.3 is 29.4 Å². The lowest BCUT2D eigenvalue weighted by atomic mass is 10.0. The minimum absolute atomic E-state index is 0. The molecule has 11 heteroatoms. The molecular weight excluding hydrogens is 529 g/mol. The number of likely N-dealkylation sites (tertiary alicyclic amines) is 1. The maximum Gasteiger partial charge on any atom is 0.225 e. The third kappa shape index (κ3) is 6.69. The first kappa shape index (κ1) is 28.4. The second kappa shape index (κ2) is 13.5. The lowest BCUT2D eigenvalue weighted by Crippen LogP contribution is -2.44. The first-order valence-corrected chi connectivity index (χ1v) is 13.5. The zero-order valence-electron chi connectivity index (χ0n) is 21.4. The highest BCUT2D eigenvalue weighted by Crippen LogP contribution is 2.33. The third-order valence-electron chi connectivity index (χ3n) is 7.21. The Morgan fingerprint density at radius 1 is 1.11 bits per heavy atom. The van der Waals surface area contributed by atoms with Gasteiger partial charge in [-0.1, -0.05) is 24.4 Å². The Balaban J connectivity index is 0.00000336. The van der Waals surface area contributed by atoms with Gasteiger partial charge in [0, 0.05) is 50.3 Å². The van der Waals surface area contributed by atoms with Crippen LogP contribution >= 0.6 is 24.0 Å². The molecule has 0 spiro atoms. The van der Waals surface area contributed by atoms with E-state index in [4.69, 9.17) is 26.2 Å². The molecule has 2 aliphatic rings. The first-order chi connectivity index (χ1) is 18.1. The van der Waals surface area contributed by atoms with Crippen LogP contribution in [-0.2, 0) is 16.1 Å². The van der Waals surface area contributed by atoms with Gasteiger partial charge in [0.1, 0.15) is 23.7 Å². The standard InChI is InChI=1S/C27H34ClN5O4.ClH/c28-22-17-20(31-26-25-23(29-18-30-26)9-12-32(25)13-15-36-16-14-34)5-6-24(22)37-21-7-10-33(11-8-21)27(35)19-3-1-2-4-19;/h5-6,9,12,17-19,21,34H,1-4,7-8,10-11,13-16H2,(H,29,30,31);1H. The van der Waals surface area contributed by atoms with Crippen molar-refractivity contribution >= 4 is 52.5 Å². The lowest BCUT2D eigenvalue weighted by Gasteiger charge is -2.33. The summed E-state index contributed by atoms with van der Waals surface area (Å²) in [7, 11) is 0. The summed E-state index contributed by atoms with van der Waals surface area (Å²) in [6, 6.07) is 7.57. The fraction of sp³-hybridized carbons (Fsp3) is 0.519. The van der Waals surface area contributed by atoms with E-state index in [9.17, 15) is 4.79 Å². The number of nitrogens with zero attached hydrogens (tertiary/aromatic N) is 4. The number of aromatic nitrogens is 3. The van der Waals surface area contributed by atoms with Crippen LogP contribution < -0.4 is 10.1 Å². The number of nitrogens with one attached hydrogen (secondary N) is 1. The van der Waals surface area contributed by atoms with Gasteiger partial charge in [0.25, 0.3) is 0 Å². The Hall–Kier alpha value is -2.59. The second-order valence-electron chi connectivity index (χ2n) is 9.70. The molecule has 0 radical (unpaired) electrons. The number of carbonyl (C=O) groups is 1. The van der Waals surface area contributed by atoms with Crippen molar-refractivity contribution in [2.75, 3.05) is 38.2 Å². The summed E-state index contributed by atoms with van der Waals surface area (Å²) >= 11 is 6.60. The number of piperidine rings is 1. The molecule has 2 fully saturated rings. The van der Waals surface area contributed by atoms with Gasteiger partial charge >= 0.3 is 0 Å². The Bertz CT molecular complexity index is 1210. The number of hydrogen-bond donors (Lipinski definition) is 2. The molecule has 1 saturated carbocycles. The quantitative estimate of drug-likeness (QED) is 0.341. The summed E-state index contributed by atoms with van der Waals surface area (Å²) in [4.78, 5) is 23.5. The van der Waals surface area contributed by atoms with Gasteiger partial charge in [-0.3, -0.25) is 4.79 Å². The predicted octanol–water partition coefficient (Wildman–Crippen LogP) is 4.82. The number of amides is 1. The van der Waals surface area contributed by atoms with Crippen molar-refractivity contribution in [2.24, 2.45) is 5.92 Å². The van der Waals surface area contributed by atoms with E-state index in [2.05, 4.69) is 15.3 Å². The molecule has 5 rings (SSSR count). The number of hydrogen-bond acceptors (Lipinski definition) is 7. The summed E-state index contributed by atoms with van der Waals surface area (Å²) in [5, 5.41) is 12.8. The maximum atomic E-state index is 12.7. The van der Waals surface area contributed by atoms with Gasteiger partial charge in [0.2, 0.25) is 5.91 Å². The molecule has 1 aliphatic carbocycles. The number of aliphatic hydroxyl groups is 1. The van der Waals surface area contributed by atoms with Crippen LogP contribution in [0.3, 0.4) is 0 Å². The Labute approximate surface area is 233 Å². The van der Waals surface area contributed by atoms with Crippen molar-refractivity contribution in [1.29, 1.82) is 0 Å². The molecule has 1 amide bonds. The fourth-order valence-electron chi connectivity index (χ4n) is 5.26. The SMILES string of the molecule is Cl.O=C(C1CCCC1)N1CCC(Oc2ccc(Nc3ncnc4ccn(CCOCCO)c34)cc2Cl)CC1. The topological polar surface area (TPSA) is 102 Å². The van der Waals surface area contributed by atoms with Crippen molar-refractivity contribution < 1.29 is 19.4 Å². The van der Waals surface area contributed by atoms with E-state index < -0.39 is 0 Å². The molecule has 2 N–H and O–H groups in total. The highest BCUT2D eigenvalue weighted by Gasteiger charge is 2.30. The summed E-state index contributed by atoms with van der Waals surface area (Å²) < 4.78 is 13.7. The van der Waals surface area contributed by atoms with E-state index in [1.54, 1.807) is 0 Å². The summed E-state index contributed by atoms with van der Waals surface area (Å²) in [6.45, 7) is 2.89. The number of carbonyl (C=O) groups excluding carboxylic acids is 1. The molecule has 2 aromatic heterocycles. The van der Waals surface area contributed by atoms with Crippen LogP contribution in [0.25, 0.3) is 11.0 Å². The highest BCUT2D eigenvalue weighted by atomic mass is 35.5. The van der Waals surface area contributed by atoms with E-state index >= 15 is 0 Å². The maximum absolute atomic E-state index is 12.7. The fourth-order valence-corrected chi connectivity index (χ4v) is 5.48. The molecule has 3 heterocycles. The smallest absolute Gasteiger partial charge is 0.225 e. The molecule has 206 valence electrons. The van der Waals surface area contributed by atoms with E-state index in [1.165, 1.54) is 19.2 Å². The zero-order chi connectivity index (χ0) is 25.6. The molecule has 0 bridgehead atoms. The van der Waals surface area contributed by atoms with Gasteiger partial charge in [0.05, 0.1) is 30.4 Å². The average Bonchev–Trinajstić information content (AvgIpc) is 3.60. The van der Waals surface area contributed by atoms with Crippen LogP contribution in [0.1, 0.15) is 38.5 Å². The van der Waals surface area contributed by atoms with Crippen molar-refractivity contribution in [3.63, 3.8) is 0 Å². The van der Waals surface area contributed by atoms with Gasteiger partial charge in [-0.05, 0) is 37.1 Å². The monoisotopic (exact) mass is 563 g/mol. The summed E-state index contributed by atoms with van der Waals surface area (Å²) in [6.07, 6.45) is 9.57. The third-order valence-corrected chi connectivity index (χ3v) is 7.50. The van der Waals surface area contributed by atoms with Crippen LogP contribution in [0.15, 0.2) is 36.8 Å². The zero-order valence-corrected chi connectivity index (χ0v) is 22.9. The molecular formula is C27H35Cl2N5O4. The largest absolute Gasteiger partial charge is 0.489 e. The van der Waals surface area contributed by atoms with E-state index in [1.807, 2.05) is 39.9 Å². The number of benzene rings is 1. The van der Waals surface area contributed by atoms with Gasteiger partial charge in [-0.2, -0.15) is 0 Å². The van der Waals surface area contributed by atoms with Gasteiger partial charge in [-0.25, -0.2) is 9.97 Å². The van der Waals surface area contributed by atoms with Crippen molar-refractivity contribution in [3.8, 4) is 5.75 Å². The van der Waals surface area contributed by atoms with Crippen molar-refractivity contribution in [2.45, 2.75) is 51.2 Å². The molecule has 3 aromatic rings. The highest BCUT2D eigenvalue weighted by molar-refractivity contribution is 6.32. The van der Waals surface area contributed by atoms with Gasteiger partial charge in [0.15, 0.2) is 5.82 Å². The van der Waals surface area contributed by atoms with Crippen molar-refractivity contribution in [1.82, 2.24) is 19.4 Å². The minimum Gasteiger partial charge on any atom is -0.489 e. The number of aliphatic hydroxyl groups excluding tert-OH is 1. The van der Waals surface area contributed by atoms with Crippen LogP contribution in [0.5, 0.6) is 5.75 Å². The normalized spacial score (nSPS) is 16.5. The molecule has 1 aliphatic heterocycles. The molecule has 0 atom stereocenters. The number of anilines is 2. The minimum atomic E-state index is 0. The molecule has 1 saturated heterocycles. The number of halogens is 2. The average molecular weight is 565 g/mol. The molecule has 38 heavy (non-hydrogen) atoms. The van der Waals surface area contributed by atoms with Crippen LogP contribution in [0.2, 0.25) is 5.02 Å². The molecule has 0 unspecified atom stereocenters. The predicted molar refractivity (Wildman–Crippen MR) is 150 cm³/mol. The molecule has 1 aromatic carbocycles. The first-order valence-electron chi connectivity index (χ1n) is 13.1. The summed E-state index contributed by atoms with van der Waals surface area (Å²) in [5.41, 5.74) is 2.48. The Kier molecular flexibility index (Phi) is 10.1.